The summed E-state index contributed by atoms with van der Waals surface area (Å²) in [5, 5.41) is 4.60. The van der Waals surface area contributed by atoms with Crippen molar-refractivity contribution in [3.05, 3.63) is 51.8 Å². The Kier molecular flexibility index (Phi) is 5.96. The molecule has 0 fully saturated rings. The maximum Gasteiger partial charge on any atom is 0.0624 e. The van der Waals surface area contributed by atoms with Crippen LogP contribution in [-0.4, -0.2) is 15.8 Å². The van der Waals surface area contributed by atoms with Crippen LogP contribution in [0.1, 0.15) is 30.8 Å². The zero-order chi connectivity index (χ0) is 15.2. The Morgan fingerprint density at radius 2 is 2.10 bits per heavy atom. The normalized spacial score (nSPS) is 12.6. The minimum atomic E-state index is 0.200. The quantitative estimate of drug-likeness (QED) is 0.596. The van der Waals surface area contributed by atoms with Gasteiger partial charge in [0, 0.05) is 29.2 Å². The van der Waals surface area contributed by atoms with Crippen LogP contribution < -0.4 is 11.3 Å². The van der Waals surface area contributed by atoms with Gasteiger partial charge in [-0.05, 0) is 43.5 Å². The Morgan fingerprint density at radius 1 is 1.29 bits per heavy atom. The van der Waals surface area contributed by atoms with Crippen molar-refractivity contribution in [3.63, 3.8) is 0 Å². The smallest absolute Gasteiger partial charge is 0.0624 e. The van der Waals surface area contributed by atoms with Gasteiger partial charge in [-0.3, -0.25) is 16.0 Å². The van der Waals surface area contributed by atoms with Crippen molar-refractivity contribution in [2.45, 2.75) is 45.7 Å². The number of nitrogens with two attached hydrogens (primary N) is 1. The predicted molar refractivity (Wildman–Crippen MR) is 89.9 cm³/mol. The number of rotatable bonds is 7. The molecule has 0 spiro atoms. The fourth-order valence-electron chi connectivity index (χ4n) is 2.52. The van der Waals surface area contributed by atoms with Crippen LogP contribution in [0.5, 0.6) is 0 Å². The lowest BCUT2D eigenvalue weighted by Gasteiger charge is -2.16. The van der Waals surface area contributed by atoms with Gasteiger partial charge < -0.3 is 0 Å². The summed E-state index contributed by atoms with van der Waals surface area (Å²) in [6.45, 7) is 5.14. The molecule has 3 N–H and O–H groups in total. The molecule has 1 heterocycles. The molecule has 0 radical (unpaired) electrons. The summed E-state index contributed by atoms with van der Waals surface area (Å²) in [7, 11) is 0. The van der Waals surface area contributed by atoms with Crippen LogP contribution in [0.3, 0.4) is 0 Å². The predicted octanol–water partition coefficient (Wildman–Crippen LogP) is 2.85. The first-order valence-electron chi connectivity index (χ1n) is 7.42. The molecule has 2 aromatic rings. The average Bonchev–Trinajstić information content (AvgIpc) is 2.88. The van der Waals surface area contributed by atoms with E-state index in [9.17, 15) is 0 Å². The first kappa shape index (κ1) is 16.2. The highest BCUT2D eigenvalue weighted by Crippen LogP contribution is 2.15. The van der Waals surface area contributed by atoms with Crippen LogP contribution >= 0.6 is 15.9 Å². The largest absolute Gasteiger partial charge is 0.271 e. The number of aryl methyl sites for hydroxylation is 2. The lowest BCUT2D eigenvalue weighted by atomic mass is 10.0. The van der Waals surface area contributed by atoms with E-state index >= 15 is 0 Å². The number of halogens is 1. The molecule has 0 aliphatic rings. The SMILES string of the molecule is CCc1cc(CC(Cc2cccc(Br)c2)NN)n(CC)n1. The third kappa shape index (κ3) is 4.40. The molecular formula is C16H23BrN4. The van der Waals surface area contributed by atoms with Gasteiger partial charge in [0.1, 0.15) is 0 Å². The Hall–Kier alpha value is -1.17. The van der Waals surface area contributed by atoms with Gasteiger partial charge in [0.15, 0.2) is 0 Å². The number of hydrazine groups is 1. The summed E-state index contributed by atoms with van der Waals surface area (Å²) in [4.78, 5) is 0. The van der Waals surface area contributed by atoms with Crippen LogP contribution in [0.25, 0.3) is 0 Å². The lowest BCUT2D eigenvalue weighted by Crippen LogP contribution is -2.39. The van der Waals surface area contributed by atoms with Crippen LogP contribution in [-0.2, 0) is 25.8 Å². The third-order valence-electron chi connectivity index (χ3n) is 3.64. The molecule has 0 saturated carbocycles. The van der Waals surface area contributed by atoms with Crippen molar-refractivity contribution in [3.8, 4) is 0 Å². The van der Waals surface area contributed by atoms with Gasteiger partial charge >= 0.3 is 0 Å². The second-order valence-corrected chi connectivity index (χ2v) is 6.11. The highest BCUT2D eigenvalue weighted by Gasteiger charge is 2.13. The molecule has 0 bridgehead atoms. The zero-order valence-electron chi connectivity index (χ0n) is 12.6. The minimum Gasteiger partial charge on any atom is -0.271 e. The van der Waals surface area contributed by atoms with Crippen LogP contribution in [0.2, 0.25) is 0 Å². The molecule has 114 valence electrons. The molecule has 1 atom stereocenters. The molecule has 2 rings (SSSR count). The maximum atomic E-state index is 5.75. The number of hydrogen-bond acceptors (Lipinski definition) is 3. The van der Waals surface area contributed by atoms with Crippen LogP contribution in [0.15, 0.2) is 34.8 Å². The van der Waals surface area contributed by atoms with Crippen LogP contribution in [0.4, 0.5) is 0 Å². The molecule has 21 heavy (non-hydrogen) atoms. The topological polar surface area (TPSA) is 55.9 Å². The van der Waals surface area contributed by atoms with Gasteiger partial charge in [-0.15, -0.1) is 0 Å². The molecular weight excluding hydrogens is 328 g/mol. The van der Waals surface area contributed by atoms with E-state index in [0.717, 1.165) is 36.0 Å². The van der Waals surface area contributed by atoms with E-state index in [1.165, 1.54) is 11.3 Å². The molecule has 0 saturated heterocycles. The average molecular weight is 351 g/mol. The summed E-state index contributed by atoms with van der Waals surface area (Å²) in [5.74, 6) is 5.75. The summed E-state index contributed by atoms with van der Waals surface area (Å²) < 4.78 is 3.17. The first-order chi connectivity index (χ1) is 10.2. The van der Waals surface area contributed by atoms with Gasteiger partial charge in [0.2, 0.25) is 0 Å². The van der Waals surface area contributed by atoms with Crippen molar-refractivity contribution < 1.29 is 0 Å². The van der Waals surface area contributed by atoms with Crippen LogP contribution in [0, 0.1) is 0 Å². The molecule has 0 aliphatic heterocycles. The third-order valence-corrected chi connectivity index (χ3v) is 4.13. The Labute approximate surface area is 134 Å². The molecule has 4 nitrogen and oxygen atoms in total. The second-order valence-electron chi connectivity index (χ2n) is 5.20. The van der Waals surface area contributed by atoms with E-state index in [1.54, 1.807) is 0 Å². The highest BCUT2D eigenvalue weighted by molar-refractivity contribution is 9.10. The van der Waals surface area contributed by atoms with E-state index in [1.807, 2.05) is 6.07 Å². The summed E-state index contributed by atoms with van der Waals surface area (Å²) >= 11 is 3.51. The molecule has 1 aromatic heterocycles. The van der Waals surface area contributed by atoms with Crippen molar-refractivity contribution in [1.82, 2.24) is 15.2 Å². The van der Waals surface area contributed by atoms with E-state index in [4.69, 9.17) is 5.84 Å². The van der Waals surface area contributed by atoms with Gasteiger partial charge in [-0.2, -0.15) is 5.10 Å². The molecule has 1 unspecified atom stereocenters. The summed E-state index contributed by atoms with van der Waals surface area (Å²) in [6, 6.07) is 10.7. The van der Waals surface area contributed by atoms with Crippen molar-refractivity contribution in [2.24, 2.45) is 5.84 Å². The Balaban J connectivity index is 2.10. The van der Waals surface area contributed by atoms with Crippen molar-refractivity contribution in [1.29, 1.82) is 0 Å². The number of aromatic nitrogens is 2. The van der Waals surface area contributed by atoms with Gasteiger partial charge in [-0.1, -0.05) is 35.0 Å². The fourth-order valence-corrected chi connectivity index (χ4v) is 2.96. The number of benzene rings is 1. The van der Waals surface area contributed by atoms with Gasteiger partial charge in [-0.25, -0.2) is 0 Å². The van der Waals surface area contributed by atoms with Crippen molar-refractivity contribution >= 4 is 15.9 Å². The second kappa shape index (κ2) is 7.73. The standard InChI is InChI=1S/C16H23BrN4/c1-3-14-10-16(21(4-2)20-14)11-15(19-18)9-12-6-5-7-13(17)8-12/h5-8,10,15,19H,3-4,9,11,18H2,1-2H3. The van der Waals surface area contributed by atoms with E-state index in [2.05, 4.69) is 69.2 Å². The zero-order valence-corrected chi connectivity index (χ0v) is 14.2. The molecule has 0 amide bonds. The molecule has 1 aromatic carbocycles. The summed E-state index contributed by atoms with van der Waals surface area (Å²) in [6.07, 6.45) is 2.74. The van der Waals surface area contributed by atoms with Crippen molar-refractivity contribution in [2.75, 3.05) is 0 Å². The monoisotopic (exact) mass is 350 g/mol. The van der Waals surface area contributed by atoms with E-state index in [0.29, 0.717) is 0 Å². The molecule has 0 aliphatic carbocycles. The Morgan fingerprint density at radius 3 is 2.71 bits per heavy atom. The Bertz CT molecular complexity index is 579. The first-order valence-corrected chi connectivity index (χ1v) is 8.21. The fraction of sp³-hybridized carbons (Fsp3) is 0.438. The van der Waals surface area contributed by atoms with E-state index in [-0.39, 0.29) is 6.04 Å². The lowest BCUT2D eigenvalue weighted by molar-refractivity contribution is 0.496. The highest BCUT2D eigenvalue weighted by atomic mass is 79.9. The number of hydrogen-bond donors (Lipinski definition) is 2. The minimum absolute atomic E-state index is 0.200. The van der Waals surface area contributed by atoms with E-state index < -0.39 is 0 Å². The summed E-state index contributed by atoms with van der Waals surface area (Å²) in [5.41, 5.74) is 6.60. The number of nitrogens with zero attached hydrogens (tertiary/aromatic N) is 2. The molecule has 5 heteroatoms. The number of nitrogens with one attached hydrogen (secondary N) is 1. The van der Waals surface area contributed by atoms with Gasteiger partial charge in [0.05, 0.1) is 5.69 Å². The maximum absolute atomic E-state index is 5.75. The van der Waals surface area contributed by atoms with Gasteiger partial charge in [0.25, 0.3) is 0 Å².